The Labute approximate surface area is 537 Å². The van der Waals surface area contributed by atoms with Gasteiger partial charge in [-0.2, -0.15) is 0 Å². The number of ether oxygens (including phenoxy) is 4. The Hall–Kier alpha value is -1.94. The van der Waals surface area contributed by atoms with Crippen LogP contribution in [0.5, 0.6) is 0 Å². The third-order valence-electron chi connectivity index (χ3n) is 16.2. The molecule has 3 unspecified atom stereocenters. The molecule has 0 amide bonds. The lowest BCUT2D eigenvalue weighted by Crippen LogP contribution is -2.30. The van der Waals surface area contributed by atoms with Crippen LogP contribution in [0.25, 0.3) is 0 Å². The Morgan fingerprint density at radius 2 is 0.545 bits per heavy atom. The molecule has 19 heteroatoms. The maximum Gasteiger partial charge on any atom is 0.472 e. The van der Waals surface area contributed by atoms with Gasteiger partial charge in [-0.3, -0.25) is 37.3 Å². The number of carbonyl (C=O) groups excluding carboxylic acids is 4. The minimum Gasteiger partial charge on any atom is -0.462 e. The lowest BCUT2D eigenvalue weighted by Gasteiger charge is -2.21. The van der Waals surface area contributed by atoms with Crippen molar-refractivity contribution in [3.05, 3.63) is 0 Å². The zero-order valence-corrected chi connectivity index (χ0v) is 59.1. The van der Waals surface area contributed by atoms with Gasteiger partial charge >= 0.3 is 39.5 Å². The minimum absolute atomic E-state index is 0.105. The molecule has 17 nitrogen and oxygen atoms in total. The van der Waals surface area contributed by atoms with Crippen molar-refractivity contribution >= 4 is 39.5 Å². The van der Waals surface area contributed by atoms with Gasteiger partial charge in [-0.25, -0.2) is 9.13 Å². The fourth-order valence-corrected chi connectivity index (χ4v) is 11.9. The highest BCUT2D eigenvalue weighted by Gasteiger charge is 2.30. The van der Waals surface area contributed by atoms with Crippen LogP contribution in [0.1, 0.15) is 338 Å². The maximum absolute atomic E-state index is 13.0. The summed E-state index contributed by atoms with van der Waals surface area (Å²) in [6.45, 7) is 14.0. The molecule has 0 saturated carbocycles. The second-order valence-electron chi connectivity index (χ2n) is 26.6. The average molecular weight is 1300 g/mol. The fourth-order valence-electron chi connectivity index (χ4n) is 10.3. The molecule has 522 valence electrons. The van der Waals surface area contributed by atoms with E-state index in [1.165, 1.54) is 128 Å². The summed E-state index contributed by atoms with van der Waals surface area (Å²) >= 11 is 0. The predicted molar refractivity (Wildman–Crippen MR) is 354 cm³/mol. The van der Waals surface area contributed by atoms with Crippen LogP contribution in [0.4, 0.5) is 0 Å². The molecule has 0 aromatic rings. The Morgan fingerprint density at radius 3 is 0.807 bits per heavy atom. The Balaban J connectivity index is 5.24. The van der Waals surface area contributed by atoms with Crippen molar-refractivity contribution in [2.24, 2.45) is 23.7 Å². The third kappa shape index (κ3) is 61.6. The van der Waals surface area contributed by atoms with E-state index in [0.717, 1.165) is 115 Å². The molecule has 0 aliphatic carbocycles. The molecule has 88 heavy (non-hydrogen) atoms. The summed E-state index contributed by atoms with van der Waals surface area (Å²) < 4.78 is 68.2. The molecule has 0 fully saturated rings. The van der Waals surface area contributed by atoms with Gasteiger partial charge in [0.25, 0.3) is 0 Å². The van der Waals surface area contributed by atoms with E-state index in [1.807, 2.05) is 0 Å². The number of hydrogen-bond donors (Lipinski definition) is 3. The number of phosphoric ester groups is 2. The van der Waals surface area contributed by atoms with Gasteiger partial charge in [0.05, 0.1) is 26.4 Å². The molecule has 0 aromatic carbocycles. The predicted octanol–water partition coefficient (Wildman–Crippen LogP) is 19.3. The summed E-state index contributed by atoms with van der Waals surface area (Å²) in [6.07, 6.45) is 40.4. The summed E-state index contributed by atoms with van der Waals surface area (Å²) in [5, 5.41) is 10.6. The van der Waals surface area contributed by atoms with Crippen molar-refractivity contribution in [2.75, 3.05) is 39.6 Å². The first kappa shape index (κ1) is 86.1. The average Bonchev–Trinajstić information content (AvgIpc) is 3.62. The molecule has 6 atom stereocenters. The van der Waals surface area contributed by atoms with Crippen molar-refractivity contribution in [3.8, 4) is 0 Å². The quantitative estimate of drug-likeness (QED) is 0.0222. The molecule has 0 heterocycles. The van der Waals surface area contributed by atoms with E-state index in [-0.39, 0.29) is 25.7 Å². The van der Waals surface area contributed by atoms with Crippen LogP contribution in [0.2, 0.25) is 0 Å². The molecule has 0 saturated heterocycles. The van der Waals surface area contributed by atoms with Crippen molar-refractivity contribution in [1.82, 2.24) is 0 Å². The molecule has 0 spiro atoms. The lowest BCUT2D eigenvalue weighted by molar-refractivity contribution is -0.161. The van der Waals surface area contributed by atoms with Crippen molar-refractivity contribution in [3.63, 3.8) is 0 Å². The second-order valence-corrected chi connectivity index (χ2v) is 29.5. The van der Waals surface area contributed by atoms with Crippen molar-refractivity contribution < 1.29 is 80.2 Å². The summed E-state index contributed by atoms with van der Waals surface area (Å²) in [7, 11) is -9.90. The zero-order valence-electron chi connectivity index (χ0n) is 57.3. The fraction of sp³-hybridized carbons (Fsp3) is 0.942. The number of rotatable bonds is 66. The van der Waals surface area contributed by atoms with E-state index < -0.39 is 97.5 Å². The Kier molecular flexibility index (Phi) is 57.6. The van der Waals surface area contributed by atoms with E-state index in [2.05, 4.69) is 55.4 Å². The highest BCUT2D eigenvalue weighted by molar-refractivity contribution is 7.47. The van der Waals surface area contributed by atoms with Gasteiger partial charge in [-0.1, -0.05) is 287 Å². The normalized spacial score (nSPS) is 14.6. The van der Waals surface area contributed by atoms with Crippen LogP contribution in [0.15, 0.2) is 0 Å². The topological polar surface area (TPSA) is 237 Å². The van der Waals surface area contributed by atoms with Crippen LogP contribution < -0.4 is 0 Å². The first-order valence-corrected chi connectivity index (χ1v) is 38.7. The largest absolute Gasteiger partial charge is 0.472 e. The maximum atomic E-state index is 13.0. The zero-order chi connectivity index (χ0) is 65.4. The number of phosphoric acid groups is 2. The third-order valence-corrected chi connectivity index (χ3v) is 18.1. The van der Waals surface area contributed by atoms with Gasteiger partial charge in [0.1, 0.15) is 19.3 Å². The van der Waals surface area contributed by atoms with E-state index >= 15 is 0 Å². The molecule has 0 aliphatic rings. The van der Waals surface area contributed by atoms with E-state index in [4.69, 9.17) is 37.0 Å². The highest BCUT2D eigenvalue weighted by Crippen LogP contribution is 2.45. The number of hydrogen-bond acceptors (Lipinski definition) is 15. The molecule has 0 aliphatic heterocycles. The molecule has 3 N–H and O–H groups in total. The molecule has 0 aromatic heterocycles. The number of aliphatic hydroxyl groups excluding tert-OH is 1. The Bertz CT molecular complexity index is 1750. The summed E-state index contributed by atoms with van der Waals surface area (Å²) in [4.78, 5) is 72.4. The minimum atomic E-state index is -4.95. The first-order valence-electron chi connectivity index (χ1n) is 35.7. The monoisotopic (exact) mass is 1300 g/mol. The summed E-state index contributed by atoms with van der Waals surface area (Å²) in [5.41, 5.74) is 0. The smallest absolute Gasteiger partial charge is 0.462 e. The van der Waals surface area contributed by atoms with Gasteiger partial charge < -0.3 is 33.8 Å². The van der Waals surface area contributed by atoms with Crippen LogP contribution in [0.3, 0.4) is 0 Å². The lowest BCUT2D eigenvalue weighted by atomic mass is 9.99. The van der Waals surface area contributed by atoms with E-state index in [0.29, 0.717) is 37.5 Å². The number of unbranched alkanes of at least 4 members (excludes halogenated alkanes) is 31. The van der Waals surface area contributed by atoms with Crippen LogP contribution in [-0.2, 0) is 65.4 Å². The van der Waals surface area contributed by atoms with Gasteiger partial charge in [0.15, 0.2) is 12.2 Å². The van der Waals surface area contributed by atoms with E-state index in [1.54, 1.807) is 0 Å². The van der Waals surface area contributed by atoms with Gasteiger partial charge in [0, 0.05) is 25.7 Å². The number of carbonyl (C=O) groups is 4. The second kappa shape index (κ2) is 58.8. The SMILES string of the molecule is CCC(C)CCCCCCCCCCCCC(=O)O[C@H](COC(=O)CCCCCCCCCC(C)C)COP(=O)(O)OC[C@@H](O)COP(=O)(O)OC[C@@H](COC(=O)CCCCCCCCC(C)C)OC(=O)CCCCCCCCCCCCCCC(C)C. The molecular weight excluding hydrogens is 1160 g/mol. The van der Waals surface area contributed by atoms with Crippen LogP contribution >= 0.6 is 15.6 Å². The van der Waals surface area contributed by atoms with Gasteiger partial charge in [0.2, 0.25) is 0 Å². The van der Waals surface area contributed by atoms with Crippen LogP contribution in [0, 0.1) is 23.7 Å². The first-order chi connectivity index (χ1) is 42.1. The standard InChI is InChI=1S/C69H134O17P2/c1-9-62(8)48-40-32-23-17-14-15-19-25-36-44-52-69(74)85-64(55-79-66(71)49-41-33-26-20-22-30-38-46-60(4)5)57-83-87(75,76)81-53-63(70)54-82-88(77,78)84-58-65(56-80-67(72)50-42-34-28-27-31-39-47-61(6)7)86-68(73)51-43-35-24-18-13-11-10-12-16-21-29-37-45-59(2)3/h59-65,70H,9-58H2,1-8H3,(H,75,76)(H,77,78)/t62?,63-,64-,65-/m1/s1. The van der Waals surface area contributed by atoms with Gasteiger partial charge in [-0.15, -0.1) is 0 Å². The highest BCUT2D eigenvalue weighted by atomic mass is 31.2. The van der Waals surface area contributed by atoms with Crippen LogP contribution in [-0.4, -0.2) is 96.7 Å². The van der Waals surface area contributed by atoms with E-state index in [9.17, 15) is 43.2 Å². The number of esters is 4. The molecule has 0 radical (unpaired) electrons. The summed E-state index contributed by atoms with van der Waals surface area (Å²) in [6, 6.07) is 0. The Morgan fingerprint density at radius 1 is 0.318 bits per heavy atom. The molecule has 0 rings (SSSR count). The molecule has 0 bridgehead atoms. The van der Waals surface area contributed by atoms with Crippen molar-refractivity contribution in [1.29, 1.82) is 0 Å². The van der Waals surface area contributed by atoms with Crippen molar-refractivity contribution in [2.45, 2.75) is 356 Å². The number of aliphatic hydroxyl groups is 1. The van der Waals surface area contributed by atoms with Gasteiger partial charge in [-0.05, 0) is 49.4 Å². The molecular formula is C69H134O17P2. The summed E-state index contributed by atoms with van der Waals surface area (Å²) in [5.74, 6) is 0.831.